The standard InChI is InChI=1S/C22H22N4O2/c1-22(2)11-16-18(17(27)12-22)20(19(26-16)13-6-8-24-9-7-13)25-15-5-3-4-14(10-15)21(23)28/h3-10,25-26H,11-12H2,1-2H3,(H2,23,28). The minimum atomic E-state index is -0.494. The normalized spacial score (nSPS) is 15.1. The summed E-state index contributed by atoms with van der Waals surface area (Å²) >= 11 is 0. The fraction of sp³-hybridized carbons (Fsp3) is 0.227. The maximum absolute atomic E-state index is 13.0. The number of aromatic amines is 1. The number of amides is 1. The van der Waals surface area contributed by atoms with Gasteiger partial charge in [0.1, 0.15) is 0 Å². The molecule has 0 saturated heterocycles. The van der Waals surface area contributed by atoms with Crippen molar-refractivity contribution >= 4 is 23.1 Å². The van der Waals surface area contributed by atoms with E-state index < -0.39 is 5.91 Å². The molecule has 0 aliphatic heterocycles. The number of nitrogens with zero attached hydrogens (tertiary/aromatic N) is 1. The molecule has 2 aromatic heterocycles. The summed E-state index contributed by atoms with van der Waals surface area (Å²) in [5, 5.41) is 3.35. The van der Waals surface area contributed by atoms with Gasteiger partial charge in [-0.15, -0.1) is 0 Å². The van der Waals surface area contributed by atoms with Gasteiger partial charge in [0.2, 0.25) is 5.91 Å². The fourth-order valence-corrected chi connectivity index (χ4v) is 3.81. The van der Waals surface area contributed by atoms with E-state index in [4.69, 9.17) is 5.73 Å². The molecule has 28 heavy (non-hydrogen) atoms. The molecule has 0 unspecified atom stereocenters. The van der Waals surface area contributed by atoms with Crippen LogP contribution in [-0.4, -0.2) is 21.7 Å². The smallest absolute Gasteiger partial charge is 0.248 e. The molecule has 1 aliphatic rings. The van der Waals surface area contributed by atoms with Crippen LogP contribution in [0.5, 0.6) is 0 Å². The first-order valence-electron chi connectivity index (χ1n) is 9.19. The number of carbonyl (C=O) groups is 2. The van der Waals surface area contributed by atoms with Crippen molar-refractivity contribution in [1.82, 2.24) is 9.97 Å². The fourth-order valence-electron chi connectivity index (χ4n) is 3.81. The Morgan fingerprint density at radius 1 is 1.18 bits per heavy atom. The van der Waals surface area contributed by atoms with Gasteiger partial charge in [0, 0.05) is 41.3 Å². The van der Waals surface area contributed by atoms with Crippen LogP contribution in [-0.2, 0) is 6.42 Å². The number of primary amides is 1. The molecule has 3 aromatic rings. The molecule has 1 amide bonds. The largest absolute Gasteiger partial charge is 0.366 e. The molecule has 6 heteroatoms. The Balaban J connectivity index is 1.86. The third-order valence-corrected chi connectivity index (χ3v) is 5.04. The summed E-state index contributed by atoms with van der Waals surface area (Å²) < 4.78 is 0. The van der Waals surface area contributed by atoms with Crippen LogP contribution >= 0.6 is 0 Å². The van der Waals surface area contributed by atoms with E-state index in [1.807, 2.05) is 18.2 Å². The van der Waals surface area contributed by atoms with Crippen LogP contribution in [0, 0.1) is 5.41 Å². The average Bonchev–Trinajstić information content (AvgIpc) is 2.99. The maximum atomic E-state index is 13.0. The number of ketones is 1. The number of Topliss-reactive ketones (excluding diaryl/α,β-unsaturated/α-hetero) is 1. The predicted octanol–water partition coefficient (Wildman–Crippen LogP) is 4.07. The Morgan fingerprint density at radius 2 is 1.93 bits per heavy atom. The second-order valence-corrected chi connectivity index (χ2v) is 7.98. The van der Waals surface area contributed by atoms with Gasteiger partial charge in [-0.3, -0.25) is 14.6 Å². The van der Waals surface area contributed by atoms with Crippen LogP contribution in [0.25, 0.3) is 11.3 Å². The number of benzene rings is 1. The lowest BCUT2D eigenvalue weighted by molar-refractivity contribution is 0.0912. The van der Waals surface area contributed by atoms with Gasteiger partial charge in [0.15, 0.2) is 5.78 Å². The molecule has 1 aliphatic carbocycles. The number of carbonyl (C=O) groups excluding carboxylic acids is 2. The number of rotatable bonds is 4. The van der Waals surface area contributed by atoms with Gasteiger partial charge in [-0.05, 0) is 42.2 Å². The molecule has 0 spiro atoms. The zero-order valence-corrected chi connectivity index (χ0v) is 15.9. The van der Waals surface area contributed by atoms with Crippen LogP contribution < -0.4 is 11.1 Å². The molecule has 6 nitrogen and oxygen atoms in total. The third kappa shape index (κ3) is 3.29. The van der Waals surface area contributed by atoms with Crippen LogP contribution in [0.15, 0.2) is 48.8 Å². The Morgan fingerprint density at radius 3 is 2.64 bits per heavy atom. The monoisotopic (exact) mass is 374 g/mol. The summed E-state index contributed by atoms with van der Waals surface area (Å²) in [5.41, 5.74) is 10.5. The second kappa shape index (κ2) is 6.64. The van der Waals surface area contributed by atoms with E-state index in [9.17, 15) is 9.59 Å². The van der Waals surface area contributed by atoms with Crippen molar-refractivity contribution in [2.75, 3.05) is 5.32 Å². The second-order valence-electron chi connectivity index (χ2n) is 7.98. The summed E-state index contributed by atoms with van der Waals surface area (Å²) in [7, 11) is 0. The predicted molar refractivity (Wildman–Crippen MR) is 109 cm³/mol. The van der Waals surface area contributed by atoms with E-state index in [1.165, 1.54) is 0 Å². The zero-order valence-electron chi connectivity index (χ0n) is 15.9. The van der Waals surface area contributed by atoms with E-state index in [-0.39, 0.29) is 11.2 Å². The Hall–Kier alpha value is -3.41. The summed E-state index contributed by atoms with van der Waals surface area (Å²) in [4.78, 5) is 32.1. The molecular weight excluding hydrogens is 352 g/mol. The summed E-state index contributed by atoms with van der Waals surface area (Å²) in [6, 6.07) is 10.8. The number of hydrogen-bond donors (Lipinski definition) is 3. The van der Waals surface area contributed by atoms with Crippen LogP contribution in [0.2, 0.25) is 0 Å². The van der Waals surface area contributed by atoms with Crippen molar-refractivity contribution in [3.8, 4) is 11.3 Å². The van der Waals surface area contributed by atoms with Crippen molar-refractivity contribution in [2.45, 2.75) is 26.7 Å². The lowest BCUT2D eigenvalue weighted by Gasteiger charge is -2.28. The van der Waals surface area contributed by atoms with Crippen molar-refractivity contribution in [3.63, 3.8) is 0 Å². The maximum Gasteiger partial charge on any atom is 0.248 e. The highest BCUT2D eigenvalue weighted by molar-refractivity contribution is 6.08. The molecule has 0 fully saturated rings. The Bertz CT molecular complexity index is 1070. The number of nitrogens with one attached hydrogen (secondary N) is 2. The summed E-state index contributed by atoms with van der Waals surface area (Å²) in [5.74, 6) is -0.386. The summed E-state index contributed by atoms with van der Waals surface area (Å²) in [6.07, 6.45) is 4.72. The topological polar surface area (TPSA) is 101 Å². The third-order valence-electron chi connectivity index (χ3n) is 5.04. The number of nitrogens with two attached hydrogens (primary N) is 1. The Kier molecular flexibility index (Phi) is 4.26. The van der Waals surface area contributed by atoms with Gasteiger partial charge < -0.3 is 16.0 Å². The van der Waals surface area contributed by atoms with Crippen molar-refractivity contribution in [2.24, 2.45) is 11.1 Å². The number of anilines is 2. The summed E-state index contributed by atoms with van der Waals surface area (Å²) in [6.45, 7) is 4.20. The molecule has 0 atom stereocenters. The number of pyridine rings is 1. The van der Waals surface area contributed by atoms with Crippen LogP contribution in [0.3, 0.4) is 0 Å². The quantitative estimate of drug-likeness (QED) is 0.640. The molecule has 0 bridgehead atoms. The first kappa shape index (κ1) is 18.0. The molecule has 0 saturated carbocycles. The highest BCUT2D eigenvalue weighted by Crippen LogP contribution is 2.43. The highest BCUT2D eigenvalue weighted by atomic mass is 16.1. The van der Waals surface area contributed by atoms with Gasteiger partial charge in [-0.1, -0.05) is 19.9 Å². The van der Waals surface area contributed by atoms with Gasteiger partial charge in [0.05, 0.1) is 16.9 Å². The first-order valence-corrected chi connectivity index (χ1v) is 9.19. The molecule has 1 aromatic carbocycles. The van der Waals surface area contributed by atoms with Crippen molar-refractivity contribution < 1.29 is 9.59 Å². The number of hydrogen-bond acceptors (Lipinski definition) is 4. The first-order chi connectivity index (χ1) is 13.3. The molecular formula is C22H22N4O2. The zero-order chi connectivity index (χ0) is 19.9. The molecule has 0 radical (unpaired) electrons. The lowest BCUT2D eigenvalue weighted by Crippen LogP contribution is -2.26. The lowest BCUT2D eigenvalue weighted by atomic mass is 9.76. The van der Waals surface area contributed by atoms with Crippen molar-refractivity contribution in [1.29, 1.82) is 0 Å². The van der Waals surface area contributed by atoms with Gasteiger partial charge >= 0.3 is 0 Å². The van der Waals surface area contributed by atoms with E-state index in [2.05, 4.69) is 29.1 Å². The van der Waals surface area contributed by atoms with Gasteiger partial charge in [-0.2, -0.15) is 0 Å². The molecule has 142 valence electrons. The Labute approximate surface area is 163 Å². The number of aromatic nitrogens is 2. The molecule has 2 heterocycles. The highest BCUT2D eigenvalue weighted by Gasteiger charge is 2.35. The van der Waals surface area contributed by atoms with Crippen LogP contribution in [0.1, 0.15) is 46.7 Å². The van der Waals surface area contributed by atoms with E-state index >= 15 is 0 Å². The number of fused-ring (bicyclic) bond motifs is 1. The SMILES string of the molecule is CC1(C)CC(=O)c2c([nH]c(-c3ccncc3)c2Nc2cccc(C(N)=O)c2)C1. The number of H-pyrrole nitrogens is 1. The van der Waals surface area contributed by atoms with E-state index in [0.717, 1.165) is 29.1 Å². The van der Waals surface area contributed by atoms with Gasteiger partial charge in [-0.25, -0.2) is 0 Å². The van der Waals surface area contributed by atoms with Gasteiger partial charge in [0.25, 0.3) is 0 Å². The minimum Gasteiger partial charge on any atom is -0.366 e. The van der Waals surface area contributed by atoms with Crippen molar-refractivity contribution in [3.05, 3.63) is 65.6 Å². The van der Waals surface area contributed by atoms with E-state index in [0.29, 0.717) is 23.2 Å². The van der Waals surface area contributed by atoms with Crippen LogP contribution in [0.4, 0.5) is 11.4 Å². The minimum absolute atomic E-state index is 0.0897. The molecule has 4 rings (SSSR count). The van der Waals surface area contributed by atoms with E-state index in [1.54, 1.807) is 30.6 Å². The average molecular weight is 374 g/mol. The molecule has 4 N–H and O–H groups in total.